The molecular formula is C27H20N2O2. The molecule has 4 heteroatoms. The Hall–Kier alpha value is -4.05. The summed E-state index contributed by atoms with van der Waals surface area (Å²) in [5.41, 5.74) is 7.27. The van der Waals surface area contributed by atoms with E-state index in [0.29, 0.717) is 0 Å². The van der Waals surface area contributed by atoms with Crippen LogP contribution in [0.4, 0.5) is 17.1 Å². The molecule has 1 aromatic heterocycles. The van der Waals surface area contributed by atoms with E-state index in [4.69, 9.17) is 14.5 Å². The minimum Gasteiger partial charge on any atom is -0.496 e. The number of benzene rings is 4. The van der Waals surface area contributed by atoms with Gasteiger partial charge in [-0.05, 0) is 48.5 Å². The van der Waals surface area contributed by atoms with Gasteiger partial charge in [-0.15, -0.1) is 0 Å². The van der Waals surface area contributed by atoms with Crippen LogP contribution in [0.5, 0.6) is 11.5 Å². The molecule has 5 aromatic rings. The molecule has 0 saturated heterocycles. The Morgan fingerprint density at radius 3 is 2.00 bits per heavy atom. The molecule has 4 nitrogen and oxygen atoms in total. The summed E-state index contributed by atoms with van der Waals surface area (Å²) in [7, 11) is 3.43. The maximum Gasteiger partial charge on any atom is 0.128 e. The first kappa shape index (κ1) is 17.8. The SMILES string of the molecule is COc1cccc2c1-c1c3c(OC)cccc3nc3cccc(c13)N2c1ccccc1. The molecule has 0 atom stereocenters. The van der Waals surface area contributed by atoms with Crippen molar-refractivity contribution in [2.45, 2.75) is 0 Å². The number of methoxy groups -OCH3 is 2. The quantitative estimate of drug-likeness (QED) is 0.302. The molecule has 6 rings (SSSR count). The first-order chi connectivity index (χ1) is 15.3. The topological polar surface area (TPSA) is 34.6 Å². The largest absolute Gasteiger partial charge is 0.496 e. The van der Waals surface area contributed by atoms with Gasteiger partial charge >= 0.3 is 0 Å². The van der Waals surface area contributed by atoms with Gasteiger partial charge in [-0.1, -0.05) is 36.4 Å². The average molecular weight is 404 g/mol. The first-order valence-electron chi connectivity index (χ1n) is 10.2. The van der Waals surface area contributed by atoms with Crippen LogP contribution in [0.15, 0.2) is 84.9 Å². The number of pyridine rings is 1. The summed E-state index contributed by atoms with van der Waals surface area (Å²) in [5, 5.41) is 2.10. The Balaban J connectivity index is 1.88. The maximum atomic E-state index is 5.88. The van der Waals surface area contributed by atoms with Crippen molar-refractivity contribution >= 4 is 38.9 Å². The number of nitrogens with zero attached hydrogens (tertiary/aromatic N) is 2. The zero-order valence-corrected chi connectivity index (χ0v) is 17.3. The fourth-order valence-corrected chi connectivity index (χ4v) is 4.72. The van der Waals surface area contributed by atoms with Crippen LogP contribution >= 0.6 is 0 Å². The lowest BCUT2D eigenvalue weighted by molar-refractivity contribution is 0.416. The molecule has 0 spiro atoms. The van der Waals surface area contributed by atoms with Crippen LogP contribution in [0.25, 0.3) is 32.9 Å². The zero-order valence-electron chi connectivity index (χ0n) is 17.3. The molecule has 1 aliphatic heterocycles. The van der Waals surface area contributed by atoms with Crippen molar-refractivity contribution in [3.05, 3.63) is 84.9 Å². The molecule has 31 heavy (non-hydrogen) atoms. The van der Waals surface area contributed by atoms with Crippen molar-refractivity contribution < 1.29 is 9.47 Å². The van der Waals surface area contributed by atoms with Crippen molar-refractivity contribution in [3.63, 3.8) is 0 Å². The van der Waals surface area contributed by atoms with Crippen LogP contribution in [-0.4, -0.2) is 19.2 Å². The molecule has 4 aromatic carbocycles. The molecule has 0 amide bonds. The lowest BCUT2D eigenvalue weighted by Crippen LogP contribution is -2.16. The van der Waals surface area contributed by atoms with Gasteiger partial charge in [0.1, 0.15) is 11.5 Å². The number of anilines is 3. The number of rotatable bonds is 3. The molecule has 0 radical (unpaired) electrons. The van der Waals surface area contributed by atoms with Crippen LogP contribution in [0, 0.1) is 0 Å². The van der Waals surface area contributed by atoms with Gasteiger partial charge in [0.25, 0.3) is 0 Å². The van der Waals surface area contributed by atoms with E-state index < -0.39 is 0 Å². The van der Waals surface area contributed by atoms with Gasteiger partial charge in [0.2, 0.25) is 0 Å². The van der Waals surface area contributed by atoms with E-state index in [-0.39, 0.29) is 0 Å². The van der Waals surface area contributed by atoms with Crippen molar-refractivity contribution in [1.29, 1.82) is 0 Å². The van der Waals surface area contributed by atoms with Gasteiger partial charge in [-0.25, -0.2) is 4.98 Å². The molecule has 1 aliphatic rings. The monoisotopic (exact) mass is 404 g/mol. The van der Waals surface area contributed by atoms with E-state index in [1.807, 2.05) is 36.4 Å². The number of ether oxygens (including phenoxy) is 2. The van der Waals surface area contributed by atoms with Crippen molar-refractivity contribution in [2.24, 2.45) is 0 Å². The Bertz CT molecular complexity index is 1460. The highest BCUT2D eigenvalue weighted by molar-refractivity contribution is 6.22. The predicted octanol–water partition coefficient (Wildman–Crippen LogP) is 6.86. The fourth-order valence-electron chi connectivity index (χ4n) is 4.72. The first-order valence-corrected chi connectivity index (χ1v) is 10.2. The highest BCUT2D eigenvalue weighted by Gasteiger charge is 2.31. The third-order valence-electron chi connectivity index (χ3n) is 5.96. The van der Waals surface area contributed by atoms with Gasteiger partial charge in [-0.2, -0.15) is 0 Å². The van der Waals surface area contributed by atoms with Gasteiger partial charge in [0, 0.05) is 22.2 Å². The second kappa shape index (κ2) is 6.74. The smallest absolute Gasteiger partial charge is 0.128 e. The van der Waals surface area contributed by atoms with Crippen LogP contribution in [-0.2, 0) is 0 Å². The number of hydrogen-bond acceptors (Lipinski definition) is 4. The molecule has 0 unspecified atom stereocenters. The summed E-state index contributed by atoms with van der Waals surface area (Å²) in [6.45, 7) is 0. The second-order valence-electron chi connectivity index (χ2n) is 7.54. The standard InChI is InChI=1S/C27H20N2O2/c1-30-22-15-7-12-19-25(22)27-24-18(28-19)11-6-13-20(24)29(17-9-4-3-5-10-17)21-14-8-16-23(31-2)26(21)27/h3-16H,1-2H3. The third kappa shape index (κ3) is 2.45. The fraction of sp³-hybridized carbons (Fsp3) is 0.0741. The Morgan fingerprint density at radius 1 is 0.581 bits per heavy atom. The number of hydrogen-bond donors (Lipinski definition) is 0. The zero-order chi connectivity index (χ0) is 20.9. The van der Waals surface area contributed by atoms with E-state index >= 15 is 0 Å². The van der Waals surface area contributed by atoms with E-state index in [1.54, 1.807) is 14.2 Å². The second-order valence-corrected chi connectivity index (χ2v) is 7.54. The molecule has 150 valence electrons. The van der Waals surface area contributed by atoms with Gasteiger partial charge < -0.3 is 14.4 Å². The van der Waals surface area contributed by atoms with Crippen molar-refractivity contribution in [2.75, 3.05) is 19.1 Å². The van der Waals surface area contributed by atoms with Crippen LogP contribution < -0.4 is 14.4 Å². The highest BCUT2D eigenvalue weighted by atomic mass is 16.5. The highest BCUT2D eigenvalue weighted by Crippen LogP contribution is 2.56. The summed E-state index contributed by atoms with van der Waals surface area (Å²) in [6, 6.07) is 28.9. The Morgan fingerprint density at radius 2 is 1.23 bits per heavy atom. The average Bonchev–Trinajstić information content (AvgIpc) is 2.83. The summed E-state index contributed by atoms with van der Waals surface area (Å²) < 4.78 is 11.7. The van der Waals surface area contributed by atoms with Crippen molar-refractivity contribution in [3.8, 4) is 22.6 Å². The van der Waals surface area contributed by atoms with Gasteiger partial charge in [0.05, 0.1) is 42.0 Å². The van der Waals surface area contributed by atoms with Crippen molar-refractivity contribution in [1.82, 2.24) is 4.98 Å². The molecule has 2 heterocycles. The van der Waals surface area contributed by atoms with E-state index in [2.05, 4.69) is 53.4 Å². The molecule has 0 bridgehead atoms. The third-order valence-corrected chi connectivity index (χ3v) is 5.96. The molecule has 0 fully saturated rings. The lowest BCUT2D eigenvalue weighted by Gasteiger charge is -2.34. The minimum atomic E-state index is 0.807. The summed E-state index contributed by atoms with van der Waals surface area (Å²) in [5.74, 6) is 1.63. The van der Waals surface area contributed by atoms with E-state index in [9.17, 15) is 0 Å². The van der Waals surface area contributed by atoms with Crippen LogP contribution in [0.1, 0.15) is 0 Å². The molecule has 0 aliphatic carbocycles. The predicted molar refractivity (Wildman–Crippen MR) is 126 cm³/mol. The normalized spacial score (nSPS) is 12.1. The Kier molecular flexibility index (Phi) is 3.87. The van der Waals surface area contributed by atoms with E-state index in [0.717, 1.165) is 61.5 Å². The molecule has 0 saturated carbocycles. The van der Waals surface area contributed by atoms with Crippen LogP contribution in [0.3, 0.4) is 0 Å². The van der Waals surface area contributed by atoms with Gasteiger partial charge in [0.15, 0.2) is 0 Å². The summed E-state index contributed by atoms with van der Waals surface area (Å²) in [4.78, 5) is 7.29. The number of fused-ring (bicyclic) bond motifs is 4. The van der Waals surface area contributed by atoms with Crippen LogP contribution in [0.2, 0.25) is 0 Å². The maximum absolute atomic E-state index is 5.88. The van der Waals surface area contributed by atoms with E-state index in [1.165, 1.54) is 0 Å². The van der Waals surface area contributed by atoms with Gasteiger partial charge in [-0.3, -0.25) is 0 Å². The lowest BCUT2D eigenvalue weighted by atomic mass is 9.88. The summed E-state index contributed by atoms with van der Waals surface area (Å²) in [6.07, 6.45) is 0. The number of para-hydroxylation sites is 1. The summed E-state index contributed by atoms with van der Waals surface area (Å²) >= 11 is 0. The molecule has 0 N–H and O–H groups in total. The number of aromatic nitrogens is 1. The molecular weight excluding hydrogens is 384 g/mol. The minimum absolute atomic E-state index is 0.807. The Labute approximate surface area is 180 Å².